The molecule has 96 valence electrons. The van der Waals surface area contributed by atoms with Gasteiger partial charge in [0.2, 0.25) is 0 Å². The van der Waals surface area contributed by atoms with Crippen LogP contribution in [0.15, 0.2) is 36.5 Å². The van der Waals surface area contributed by atoms with Crippen LogP contribution in [-0.4, -0.2) is 11.5 Å². The van der Waals surface area contributed by atoms with Crippen LogP contribution in [0.2, 0.25) is 0 Å². The van der Waals surface area contributed by atoms with Crippen LogP contribution >= 0.6 is 0 Å². The van der Waals surface area contributed by atoms with Crippen molar-refractivity contribution in [3.05, 3.63) is 47.8 Å². The van der Waals surface area contributed by atoms with E-state index in [1.54, 1.807) is 0 Å². The van der Waals surface area contributed by atoms with Gasteiger partial charge in [-0.25, -0.2) is 0 Å². The lowest BCUT2D eigenvalue weighted by Gasteiger charge is -2.25. The maximum Gasteiger partial charge on any atom is 0.0576 e. The third kappa shape index (κ3) is 2.67. The summed E-state index contributed by atoms with van der Waals surface area (Å²) in [6.45, 7) is 7.32. The first kappa shape index (κ1) is 12.6. The van der Waals surface area contributed by atoms with E-state index in [0.717, 1.165) is 17.9 Å². The van der Waals surface area contributed by atoms with E-state index in [0.29, 0.717) is 0 Å². The maximum atomic E-state index is 5.97. The molecule has 0 aliphatic rings. The predicted octanol–water partition coefficient (Wildman–Crippen LogP) is 3.30. The van der Waals surface area contributed by atoms with Crippen LogP contribution in [0.3, 0.4) is 0 Å². The Balaban J connectivity index is 2.09. The number of H-pyrrole nitrogens is 1. The number of anilines is 2. The molecule has 0 saturated heterocycles. The lowest BCUT2D eigenvalue weighted by molar-refractivity contribution is 0.542. The molecule has 0 aliphatic heterocycles. The van der Waals surface area contributed by atoms with Gasteiger partial charge in [0.05, 0.1) is 11.4 Å². The molecule has 2 rings (SSSR count). The molecule has 0 bridgehead atoms. The third-order valence-corrected chi connectivity index (χ3v) is 3.26. The van der Waals surface area contributed by atoms with Gasteiger partial charge < -0.3 is 16.0 Å². The quantitative estimate of drug-likeness (QED) is 0.722. The van der Waals surface area contributed by atoms with Crippen LogP contribution in [0.25, 0.3) is 0 Å². The molecule has 0 fully saturated rings. The summed E-state index contributed by atoms with van der Waals surface area (Å²) in [6.07, 6.45) is 1.96. The Hall–Kier alpha value is -1.90. The van der Waals surface area contributed by atoms with Gasteiger partial charge in [-0.05, 0) is 36.8 Å². The van der Waals surface area contributed by atoms with Crippen LogP contribution < -0.4 is 11.1 Å². The highest BCUT2D eigenvalue weighted by Gasteiger charge is 2.21. The first-order chi connectivity index (χ1) is 8.49. The average Bonchev–Trinajstić information content (AvgIpc) is 2.85. The number of nitrogens with one attached hydrogen (secondary N) is 2. The van der Waals surface area contributed by atoms with Gasteiger partial charge in [0.15, 0.2) is 0 Å². The second kappa shape index (κ2) is 4.77. The van der Waals surface area contributed by atoms with Crippen molar-refractivity contribution in [3.63, 3.8) is 0 Å². The highest BCUT2D eigenvalue weighted by molar-refractivity contribution is 5.67. The lowest BCUT2D eigenvalue weighted by atomic mass is 9.89. The van der Waals surface area contributed by atoms with Gasteiger partial charge in [-0.2, -0.15) is 0 Å². The Labute approximate surface area is 108 Å². The average molecular weight is 243 g/mol. The van der Waals surface area contributed by atoms with Crippen molar-refractivity contribution in [2.45, 2.75) is 26.2 Å². The maximum absolute atomic E-state index is 5.97. The molecule has 0 amide bonds. The van der Waals surface area contributed by atoms with E-state index < -0.39 is 0 Å². The topological polar surface area (TPSA) is 53.8 Å². The van der Waals surface area contributed by atoms with Crippen molar-refractivity contribution in [1.82, 2.24) is 4.98 Å². The van der Waals surface area contributed by atoms with Crippen LogP contribution in [0.4, 0.5) is 11.4 Å². The summed E-state index contributed by atoms with van der Waals surface area (Å²) in [5.41, 5.74) is 10.2. The zero-order valence-corrected chi connectivity index (χ0v) is 11.2. The van der Waals surface area contributed by atoms with Gasteiger partial charge in [-0.15, -0.1) is 0 Å². The zero-order chi connectivity index (χ0) is 13.2. The Morgan fingerprint density at radius 3 is 2.72 bits per heavy atom. The van der Waals surface area contributed by atoms with Gasteiger partial charge in [0.25, 0.3) is 0 Å². The van der Waals surface area contributed by atoms with E-state index in [1.165, 1.54) is 11.3 Å². The Morgan fingerprint density at radius 2 is 2.06 bits per heavy atom. The van der Waals surface area contributed by atoms with Crippen molar-refractivity contribution >= 4 is 11.4 Å². The molecule has 0 radical (unpaired) electrons. The minimum atomic E-state index is 0.0414. The fourth-order valence-electron chi connectivity index (χ4n) is 1.99. The standard InChI is InChI=1S/C15H21N3/c1-11-6-7-12(16)13(9-11)18-10-15(2,3)14-5-4-8-17-14/h4-9,17-18H,10,16H2,1-3H3. The van der Waals surface area contributed by atoms with Crippen molar-refractivity contribution in [1.29, 1.82) is 0 Å². The molecule has 0 saturated carbocycles. The Bertz CT molecular complexity index is 513. The van der Waals surface area contributed by atoms with E-state index in [-0.39, 0.29) is 5.41 Å². The summed E-state index contributed by atoms with van der Waals surface area (Å²) in [5, 5.41) is 3.44. The third-order valence-electron chi connectivity index (χ3n) is 3.26. The summed E-state index contributed by atoms with van der Waals surface area (Å²) >= 11 is 0. The molecular formula is C15H21N3. The summed E-state index contributed by atoms with van der Waals surface area (Å²) in [5.74, 6) is 0. The van der Waals surface area contributed by atoms with Crippen LogP contribution in [0.1, 0.15) is 25.1 Å². The molecule has 0 spiro atoms. The SMILES string of the molecule is Cc1ccc(N)c(NCC(C)(C)c2ccc[nH]2)c1. The van der Waals surface area contributed by atoms with E-state index in [2.05, 4.69) is 43.2 Å². The summed E-state index contributed by atoms with van der Waals surface area (Å²) < 4.78 is 0. The Kier molecular flexibility index (Phi) is 3.32. The minimum absolute atomic E-state index is 0.0414. The second-order valence-corrected chi connectivity index (χ2v) is 5.41. The number of aromatic nitrogens is 1. The molecule has 4 N–H and O–H groups in total. The molecule has 1 heterocycles. The number of benzene rings is 1. The smallest absolute Gasteiger partial charge is 0.0576 e. The van der Waals surface area contributed by atoms with Crippen molar-refractivity contribution in [3.8, 4) is 0 Å². The normalized spacial score (nSPS) is 11.5. The van der Waals surface area contributed by atoms with Gasteiger partial charge in [0.1, 0.15) is 0 Å². The fourth-order valence-corrected chi connectivity index (χ4v) is 1.99. The summed E-state index contributed by atoms with van der Waals surface area (Å²) in [4.78, 5) is 3.27. The van der Waals surface area contributed by atoms with E-state index in [1.807, 2.05) is 24.4 Å². The molecule has 3 heteroatoms. The second-order valence-electron chi connectivity index (χ2n) is 5.41. The molecule has 0 aliphatic carbocycles. The molecule has 3 nitrogen and oxygen atoms in total. The highest BCUT2D eigenvalue weighted by Crippen LogP contribution is 2.25. The van der Waals surface area contributed by atoms with Crippen LogP contribution in [0.5, 0.6) is 0 Å². The molecule has 18 heavy (non-hydrogen) atoms. The number of nitrogen functional groups attached to an aromatic ring is 1. The molecule has 2 aromatic rings. The van der Waals surface area contributed by atoms with Crippen molar-refractivity contribution < 1.29 is 0 Å². The van der Waals surface area contributed by atoms with E-state index in [4.69, 9.17) is 5.73 Å². The number of hydrogen-bond acceptors (Lipinski definition) is 2. The first-order valence-electron chi connectivity index (χ1n) is 6.23. The molecular weight excluding hydrogens is 222 g/mol. The van der Waals surface area contributed by atoms with Crippen LogP contribution in [-0.2, 0) is 5.41 Å². The van der Waals surface area contributed by atoms with Gasteiger partial charge in [-0.3, -0.25) is 0 Å². The van der Waals surface area contributed by atoms with Gasteiger partial charge in [-0.1, -0.05) is 19.9 Å². The highest BCUT2D eigenvalue weighted by atomic mass is 14.9. The number of aromatic amines is 1. The van der Waals surface area contributed by atoms with Crippen molar-refractivity contribution in [2.24, 2.45) is 0 Å². The number of nitrogens with two attached hydrogens (primary N) is 1. The molecule has 1 aromatic heterocycles. The van der Waals surface area contributed by atoms with E-state index >= 15 is 0 Å². The number of rotatable bonds is 4. The fraction of sp³-hybridized carbons (Fsp3) is 0.333. The summed E-state index contributed by atoms with van der Waals surface area (Å²) in [6, 6.07) is 10.2. The molecule has 1 aromatic carbocycles. The largest absolute Gasteiger partial charge is 0.397 e. The number of hydrogen-bond donors (Lipinski definition) is 3. The minimum Gasteiger partial charge on any atom is -0.397 e. The van der Waals surface area contributed by atoms with Gasteiger partial charge >= 0.3 is 0 Å². The Morgan fingerprint density at radius 1 is 1.28 bits per heavy atom. The molecule has 0 unspecified atom stereocenters. The van der Waals surface area contributed by atoms with Gasteiger partial charge in [0, 0.05) is 23.9 Å². The summed E-state index contributed by atoms with van der Waals surface area (Å²) in [7, 11) is 0. The number of aryl methyl sites for hydroxylation is 1. The van der Waals surface area contributed by atoms with Crippen LogP contribution in [0, 0.1) is 6.92 Å². The lowest BCUT2D eigenvalue weighted by Crippen LogP contribution is -2.28. The zero-order valence-electron chi connectivity index (χ0n) is 11.2. The van der Waals surface area contributed by atoms with Crippen molar-refractivity contribution in [2.75, 3.05) is 17.6 Å². The monoisotopic (exact) mass is 243 g/mol. The predicted molar refractivity (Wildman–Crippen MR) is 77.9 cm³/mol. The first-order valence-corrected chi connectivity index (χ1v) is 6.23. The molecule has 0 atom stereocenters. The van der Waals surface area contributed by atoms with E-state index in [9.17, 15) is 0 Å².